The lowest BCUT2D eigenvalue weighted by Gasteiger charge is -2.10. The van der Waals surface area contributed by atoms with E-state index in [-0.39, 0.29) is 17.4 Å². The molecule has 0 saturated heterocycles. The molecule has 0 radical (unpaired) electrons. The highest BCUT2D eigenvalue weighted by Gasteiger charge is 2.43. The third-order valence-corrected chi connectivity index (χ3v) is 5.19. The van der Waals surface area contributed by atoms with Gasteiger partial charge in [-0.15, -0.1) is 8.78 Å². The average Bonchev–Trinajstić information content (AvgIpc) is 3.07. The number of ether oxygens (including phenoxy) is 2. The summed E-state index contributed by atoms with van der Waals surface area (Å²) < 4.78 is 37.2. The van der Waals surface area contributed by atoms with E-state index in [0.29, 0.717) is 16.4 Å². The van der Waals surface area contributed by atoms with Crippen molar-refractivity contribution in [3.05, 3.63) is 64.4 Å². The van der Waals surface area contributed by atoms with Crippen LogP contribution in [0, 0.1) is 13.8 Å². The van der Waals surface area contributed by atoms with Gasteiger partial charge in [-0.3, -0.25) is 4.79 Å². The predicted molar refractivity (Wildman–Crippen MR) is 106 cm³/mol. The minimum absolute atomic E-state index is 0.00914. The van der Waals surface area contributed by atoms with E-state index in [1.165, 1.54) is 12.1 Å². The average molecular weight is 419 g/mol. The molecule has 5 nitrogen and oxygen atoms in total. The quantitative estimate of drug-likeness (QED) is 0.608. The van der Waals surface area contributed by atoms with Crippen LogP contribution in [0.5, 0.6) is 11.5 Å². The van der Waals surface area contributed by atoms with Gasteiger partial charge in [0.1, 0.15) is 5.69 Å². The number of aryl methyl sites for hydroxylation is 3. The molecule has 1 amide bonds. The number of alkyl halides is 2. The van der Waals surface area contributed by atoms with Gasteiger partial charge in [0.25, 0.3) is 5.91 Å². The fourth-order valence-electron chi connectivity index (χ4n) is 3.35. The minimum atomic E-state index is -3.65. The normalized spacial score (nSPS) is 14.1. The molecule has 2 aromatic carbocycles. The topological polar surface area (TPSA) is 52.5 Å². The lowest BCUT2D eigenvalue weighted by atomic mass is 9.99. The highest BCUT2D eigenvalue weighted by atomic mass is 35.5. The van der Waals surface area contributed by atoms with Gasteiger partial charge in [-0.1, -0.05) is 23.7 Å². The summed E-state index contributed by atoms with van der Waals surface area (Å²) in [6, 6.07) is 10.1. The van der Waals surface area contributed by atoms with Crippen LogP contribution in [-0.4, -0.2) is 16.8 Å². The van der Waals surface area contributed by atoms with Crippen molar-refractivity contribution in [3.8, 4) is 22.6 Å². The first-order valence-corrected chi connectivity index (χ1v) is 9.16. The highest BCUT2D eigenvalue weighted by molar-refractivity contribution is 6.35. The number of aromatic nitrogens is 1. The van der Waals surface area contributed by atoms with E-state index in [2.05, 4.69) is 14.8 Å². The predicted octanol–water partition coefficient (Wildman–Crippen LogP) is 5.54. The largest absolute Gasteiger partial charge is 0.586 e. The lowest BCUT2D eigenvalue weighted by Crippen LogP contribution is -2.25. The Morgan fingerprint density at radius 2 is 1.69 bits per heavy atom. The second kappa shape index (κ2) is 6.77. The van der Waals surface area contributed by atoms with E-state index in [1.54, 1.807) is 49.0 Å². The Kier molecular flexibility index (Phi) is 4.50. The maximum atomic E-state index is 13.3. The van der Waals surface area contributed by atoms with Crippen LogP contribution in [0.3, 0.4) is 0 Å². The summed E-state index contributed by atoms with van der Waals surface area (Å²) in [5, 5.41) is 3.22. The monoisotopic (exact) mass is 418 g/mol. The first kappa shape index (κ1) is 19.3. The van der Waals surface area contributed by atoms with Crippen LogP contribution in [0.2, 0.25) is 5.02 Å². The SMILES string of the molecule is Cc1cc2c(cc1-c1ccc(NC(=O)c3c(Cl)c(C)cn3C)cc1)OC(F)(F)O2. The molecule has 0 aliphatic carbocycles. The Labute approximate surface area is 170 Å². The van der Waals surface area contributed by atoms with Gasteiger partial charge in [0.05, 0.1) is 5.02 Å². The van der Waals surface area contributed by atoms with Crippen molar-refractivity contribution in [2.45, 2.75) is 20.1 Å². The molecule has 1 aromatic heterocycles. The van der Waals surface area contributed by atoms with E-state index in [1.807, 2.05) is 6.92 Å². The number of hydrogen-bond donors (Lipinski definition) is 1. The van der Waals surface area contributed by atoms with Crippen LogP contribution in [0.1, 0.15) is 21.6 Å². The van der Waals surface area contributed by atoms with Crippen LogP contribution in [0.4, 0.5) is 14.5 Å². The number of rotatable bonds is 3. The first-order valence-electron chi connectivity index (χ1n) is 8.78. The van der Waals surface area contributed by atoms with Gasteiger partial charge >= 0.3 is 6.29 Å². The zero-order chi connectivity index (χ0) is 20.9. The number of fused-ring (bicyclic) bond motifs is 1. The molecule has 0 saturated carbocycles. The van der Waals surface area contributed by atoms with Gasteiger partial charge in [-0.2, -0.15) is 0 Å². The molecule has 150 valence electrons. The van der Waals surface area contributed by atoms with Crippen LogP contribution < -0.4 is 14.8 Å². The Morgan fingerprint density at radius 1 is 1.07 bits per heavy atom. The number of nitrogens with zero attached hydrogens (tertiary/aromatic N) is 1. The number of nitrogens with one attached hydrogen (secondary N) is 1. The van der Waals surface area contributed by atoms with Crippen LogP contribution in [0.25, 0.3) is 11.1 Å². The maximum Gasteiger partial charge on any atom is 0.586 e. The highest BCUT2D eigenvalue weighted by Crippen LogP contribution is 2.44. The van der Waals surface area contributed by atoms with Crippen LogP contribution in [0.15, 0.2) is 42.6 Å². The Balaban J connectivity index is 1.57. The van der Waals surface area contributed by atoms with E-state index in [9.17, 15) is 13.6 Å². The third kappa shape index (κ3) is 3.53. The standard InChI is InChI=1S/C21H17ClF2N2O3/c1-11-8-16-17(29-21(23,24)28-16)9-15(11)13-4-6-14(7-5-13)25-20(27)19-18(22)12(2)10-26(19)3/h4-10H,1-3H3,(H,25,27). The number of hydrogen-bond acceptors (Lipinski definition) is 3. The molecule has 1 aliphatic rings. The zero-order valence-electron chi connectivity index (χ0n) is 15.8. The molecule has 4 rings (SSSR count). The molecule has 0 spiro atoms. The number of halogens is 3. The second-order valence-corrected chi connectivity index (χ2v) is 7.28. The van der Waals surface area contributed by atoms with Gasteiger partial charge in [0.2, 0.25) is 0 Å². The Bertz CT molecular complexity index is 1120. The number of amides is 1. The minimum Gasteiger partial charge on any atom is -0.395 e. The molecular weight excluding hydrogens is 402 g/mol. The molecule has 0 unspecified atom stereocenters. The van der Waals surface area contributed by atoms with Crippen molar-refractivity contribution < 1.29 is 23.0 Å². The molecule has 0 atom stereocenters. The van der Waals surface area contributed by atoms with Crippen LogP contribution in [-0.2, 0) is 7.05 Å². The van der Waals surface area contributed by atoms with Crippen molar-refractivity contribution in [3.63, 3.8) is 0 Å². The molecular formula is C21H17ClF2N2O3. The van der Waals surface area contributed by atoms with E-state index in [4.69, 9.17) is 11.6 Å². The summed E-state index contributed by atoms with van der Waals surface area (Å²) in [5.74, 6) is -0.323. The molecule has 0 fully saturated rings. The fraction of sp³-hybridized carbons (Fsp3) is 0.190. The molecule has 1 aliphatic heterocycles. The number of carbonyl (C=O) groups excluding carboxylic acids is 1. The molecule has 0 bridgehead atoms. The summed E-state index contributed by atoms with van der Waals surface area (Å²) in [5.41, 5.74) is 4.05. The molecule has 8 heteroatoms. The summed E-state index contributed by atoms with van der Waals surface area (Å²) in [4.78, 5) is 12.5. The van der Waals surface area contributed by atoms with Gasteiger partial charge in [-0.05, 0) is 60.4 Å². The summed E-state index contributed by atoms with van der Waals surface area (Å²) >= 11 is 6.21. The Morgan fingerprint density at radius 3 is 2.28 bits per heavy atom. The number of carbonyl (C=O) groups is 1. The molecule has 1 N–H and O–H groups in total. The second-order valence-electron chi connectivity index (χ2n) is 6.90. The third-order valence-electron chi connectivity index (χ3n) is 4.71. The first-order chi connectivity index (χ1) is 13.6. The summed E-state index contributed by atoms with van der Waals surface area (Å²) in [6.07, 6.45) is -1.87. The van der Waals surface area contributed by atoms with E-state index in [0.717, 1.165) is 22.3 Å². The van der Waals surface area contributed by atoms with Crippen LogP contribution >= 0.6 is 11.6 Å². The van der Waals surface area contributed by atoms with Gasteiger partial charge in [0.15, 0.2) is 11.5 Å². The van der Waals surface area contributed by atoms with Gasteiger partial charge < -0.3 is 19.4 Å². The van der Waals surface area contributed by atoms with Crippen molar-refractivity contribution in [1.29, 1.82) is 0 Å². The van der Waals surface area contributed by atoms with Gasteiger partial charge in [0, 0.05) is 18.9 Å². The van der Waals surface area contributed by atoms with Gasteiger partial charge in [-0.25, -0.2) is 0 Å². The van der Waals surface area contributed by atoms with Crippen molar-refractivity contribution >= 4 is 23.2 Å². The smallest absolute Gasteiger partial charge is 0.395 e. The number of benzene rings is 2. The van der Waals surface area contributed by atoms with E-state index >= 15 is 0 Å². The molecule has 29 heavy (non-hydrogen) atoms. The Hall–Kier alpha value is -3.06. The summed E-state index contributed by atoms with van der Waals surface area (Å²) in [6.45, 7) is 3.63. The molecule has 2 heterocycles. The lowest BCUT2D eigenvalue weighted by molar-refractivity contribution is -0.286. The van der Waals surface area contributed by atoms with Crippen molar-refractivity contribution in [1.82, 2.24) is 4.57 Å². The summed E-state index contributed by atoms with van der Waals surface area (Å²) in [7, 11) is 1.75. The van der Waals surface area contributed by atoms with Crippen molar-refractivity contribution in [2.75, 3.05) is 5.32 Å². The molecule has 3 aromatic rings. The maximum absolute atomic E-state index is 13.3. The zero-order valence-corrected chi connectivity index (χ0v) is 16.6. The number of anilines is 1. The fourth-order valence-corrected chi connectivity index (χ4v) is 3.61. The van der Waals surface area contributed by atoms with E-state index < -0.39 is 6.29 Å². The van der Waals surface area contributed by atoms with Crippen molar-refractivity contribution in [2.24, 2.45) is 7.05 Å².